The molecule has 2 aromatic heterocycles. The predicted molar refractivity (Wildman–Crippen MR) is 83.5 cm³/mol. The molecule has 0 spiro atoms. The number of carbonyl (C=O) groups excluding carboxylic acids is 1. The number of aromatic nitrogens is 5. The Morgan fingerprint density at radius 2 is 2.09 bits per heavy atom. The zero-order valence-corrected chi connectivity index (χ0v) is 13.1. The molecule has 0 saturated heterocycles. The van der Waals surface area contributed by atoms with Crippen LogP contribution in [0, 0.1) is 0 Å². The number of hydrogen-bond acceptors (Lipinski definition) is 6. The minimum atomic E-state index is -3.36. The van der Waals surface area contributed by atoms with Crippen molar-refractivity contribution in [2.45, 2.75) is 6.67 Å². The van der Waals surface area contributed by atoms with Crippen LogP contribution in [-0.2, 0) is 21.3 Å². The van der Waals surface area contributed by atoms with Gasteiger partial charge in [-0.15, -0.1) is 5.10 Å². The second-order valence-electron chi connectivity index (χ2n) is 5.11. The van der Waals surface area contributed by atoms with Crippen molar-refractivity contribution in [3.8, 4) is 0 Å². The molecule has 0 aliphatic heterocycles. The average molecular weight is 334 g/mol. The fraction of sp³-hybridized carbons (Fsp3) is 0.231. The Hall–Kier alpha value is -2.75. The van der Waals surface area contributed by atoms with Gasteiger partial charge in [0.15, 0.2) is 9.84 Å². The van der Waals surface area contributed by atoms with Crippen molar-refractivity contribution in [2.24, 2.45) is 0 Å². The molecule has 1 N–H and O–H groups in total. The van der Waals surface area contributed by atoms with E-state index in [1.165, 1.54) is 6.20 Å². The van der Waals surface area contributed by atoms with Gasteiger partial charge in [-0.3, -0.25) is 4.79 Å². The number of hydrogen-bond donors (Lipinski definition) is 1. The molecular formula is C13H14N6O3S. The molecule has 1 amide bonds. The van der Waals surface area contributed by atoms with Gasteiger partial charge in [0.2, 0.25) is 5.91 Å². The van der Waals surface area contributed by atoms with Gasteiger partial charge in [-0.2, -0.15) is 5.10 Å². The van der Waals surface area contributed by atoms with Crippen molar-refractivity contribution in [1.82, 2.24) is 24.8 Å². The first-order chi connectivity index (χ1) is 10.9. The molecule has 3 rings (SSSR count). The van der Waals surface area contributed by atoms with Gasteiger partial charge in [-0.05, 0) is 12.1 Å². The highest BCUT2D eigenvalue weighted by atomic mass is 32.2. The number of fused-ring (bicyclic) bond motifs is 1. The van der Waals surface area contributed by atoms with E-state index in [1.807, 2.05) is 24.3 Å². The molecule has 10 heteroatoms. The van der Waals surface area contributed by atoms with E-state index in [2.05, 4.69) is 20.7 Å². The Morgan fingerprint density at radius 3 is 2.87 bits per heavy atom. The van der Waals surface area contributed by atoms with E-state index >= 15 is 0 Å². The number of rotatable bonds is 5. The Kier molecular flexibility index (Phi) is 3.82. The topological polar surface area (TPSA) is 112 Å². The molecule has 23 heavy (non-hydrogen) atoms. The Morgan fingerprint density at radius 1 is 1.30 bits per heavy atom. The first-order valence-corrected chi connectivity index (χ1v) is 8.75. The lowest BCUT2D eigenvalue weighted by molar-refractivity contribution is -0.113. The van der Waals surface area contributed by atoms with Crippen molar-refractivity contribution < 1.29 is 13.2 Å². The summed E-state index contributed by atoms with van der Waals surface area (Å²) in [5, 5.41) is 14.7. The van der Waals surface area contributed by atoms with E-state index in [4.69, 9.17) is 0 Å². The number of benzene rings is 1. The van der Waals surface area contributed by atoms with Crippen molar-refractivity contribution in [2.75, 3.05) is 17.3 Å². The molecule has 0 bridgehead atoms. The maximum absolute atomic E-state index is 11.6. The summed E-state index contributed by atoms with van der Waals surface area (Å²) in [5.74, 6) is -1.16. The van der Waals surface area contributed by atoms with Crippen LogP contribution < -0.4 is 5.32 Å². The third kappa shape index (κ3) is 3.72. The number of nitrogens with one attached hydrogen (secondary N) is 1. The van der Waals surface area contributed by atoms with Crippen LogP contribution in [0.4, 0.5) is 5.69 Å². The highest BCUT2D eigenvalue weighted by Gasteiger charge is 2.12. The van der Waals surface area contributed by atoms with Gasteiger partial charge in [-0.1, -0.05) is 17.3 Å². The molecule has 120 valence electrons. The molecular weight excluding hydrogens is 320 g/mol. The Bertz CT molecular complexity index is 959. The van der Waals surface area contributed by atoms with Crippen LogP contribution in [-0.4, -0.2) is 51.1 Å². The molecule has 0 aliphatic carbocycles. The summed E-state index contributed by atoms with van der Waals surface area (Å²) in [5.41, 5.74) is 2.06. The van der Waals surface area contributed by atoms with Crippen molar-refractivity contribution in [1.29, 1.82) is 0 Å². The largest absolute Gasteiger partial charge is 0.323 e. The van der Waals surface area contributed by atoms with Crippen LogP contribution in [0.1, 0.15) is 0 Å². The van der Waals surface area contributed by atoms with E-state index < -0.39 is 21.5 Å². The van der Waals surface area contributed by atoms with Gasteiger partial charge in [0.1, 0.15) is 17.9 Å². The zero-order valence-electron chi connectivity index (χ0n) is 12.2. The zero-order chi connectivity index (χ0) is 16.4. The lowest BCUT2D eigenvalue weighted by Crippen LogP contribution is -2.21. The molecule has 0 fully saturated rings. The van der Waals surface area contributed by atoms with E-state index in [1.54, 1.807) is 15.6 Å². The molecule has 0 saturated carbocycles. The van der Waals surface area contributed by atoms with Gasteiger partial charge in [0.25, 0.3) is 0 Å². The van der Waals surface area contributed by atoms with Crippen LogP contribution in [0.2, 0.25) is 0 Å². The third-order valence-electron chi connectivity index (χ3n) is 3.01. The molecule has 3 aromatic rings. The summed E-state index contributed by atoms with van der Waals surface area (Å²) in [6, 6.07) is 7.53. The summed E-state index contributed by atoms with van der Waals surface area (Å²) in [6.45, 7) is 0.322. The maximum atomic E-state index is 11.6. The second kappa shape index (κ2) is 5.80. The summed E-state index contributed by atoms with van der Waals surface area (Å²) in [4.78, 5) is 11.6. The fourth-order valence-electron chi connectivity index (χ4n) is 2.10. The normalized spacial score (nSPS) is 11.7. The molecule has 9 nitrogen and oxygen atoms in total. The number of anilines is 1. The lowest BCUT2D eigenvalue weighted by atomic mass is 10.3. The lowest BCUT2D eigenvalue weighted by Gasteiger charge is -2.02. The molecule has 0 unspecified atom stereocenters. The Balaban J connectivity index is 1.71. The summed E-state index contributed by atoms with van der Waals surface area (Å²) in [7, 11) is -3.36. The first-order valence-electron chi connectivity index (χ1n) is 6.69. The highest BCUT2D eigenvalue weighted by Crippen LogP contribution is 2.11. The third-order valence-corrected chi connectivity index (χ3v) is 3.80. The fourth-order valence-corrected chi connectivity index (χ4v) is 2.65. The van der Waals surface area contributed by atoms with Crippen molar-refractivity contribution in [3.63, 3.8) is 0 Å². The summed E-state index contributed by atoms with van der Waals surface area (Å²) in [6.07, 6.45) is 4.04. The summed E-state index contributed by atoms with van der Waals surface area (Å²) < 4.78 is 25.4. The first kappa shape index (κ1) is 15.2. The number of amides is 1. The van der Waals surface area contributed by atoms with Gasteiger partial charge in [0, 0.05) is 6.26 Å². The minimum Gasteiger partial charge on any atom is -0.323 e. The average Bonchev–Trinajstić information content (AvgIpc) is 3.05. The smallest absolute Gasteiger partial charge is 0.239 e. The standard InChI is InChI=1S/C13H14N6O3S/c1-23(21,22)8-13(20)15-10-6-14-18(7-10)9-19-12-5-3-2-4-11(12)16-17-19/h2-7H,8-9H2,1H3,(H,15,20). The van der Waals surface area contributed by atoms with E-state index in [9.17, 15) is 13.2 Å². The molecule has 0 aliphatic rings. The van der Waals surface area contributed by atoms with Gasteiger partial charge < -0.3 is 5.32 Å². The monoisotopic (exact) mass is 334 g/mol. The number of para-hydroxylation sites is 1. The minimum absolute atomic E-state index is 0.322. The number of nitrogens with zero attached hydrogens (tertiary/aromatic N) is 5. The van der Waals surface area contributed by atoms with E-state index in [0.717, 1.165) is 17.3 Å². The van der Waals surface area contributed by atoms with Crippen LogP contribution >= 0.6 is 0 Å². The van der Waals surface area contributed by atoms with Gasteiger partial charge in [0.05, 0.1) is 23.6 Å². The predicted octanol–water partition coefficient (Wildman–Crippen LogP) is 0.117. The van der Waals surface area contributed by atoms with E-state index in [-0.39, 0.29) is 0 Å². The molecule has 0 radical (unpaired) electrons. The molecule has 2 heterocycles. The SMILES string of the molecule is CS(=O)(=O)CC(=O)Nc1cnn(Cn2nnc3ccccc32)c1. The highest BCUT2D eigenvalue weighted by molar-refractivity contribution is 7.91. The number of carbonyl (C=O) groups is 1. The Labute approximate surface area is 131 Å². The molecule has 0 atom stereocenters. The molecule has 1 aromatic carbocycles. The van der Waals surface area contributed by atoms with Crippen LogP contribution in [0.15, 0.2) is 36.7 Å². The van der Waals surface area contributed by atoms with Crippen molar-refractivity contribution >= 4 is 32.5 Å². The van der Waals surface area contributed by atoms with E-state index in [0.29, 0.717) is 12.4 Å². The van der Waals surface area contributed by atoms with Gasteiger partial charge in [-0.25, -0.2) is 17.8 Å². The summed E-state index contributed by atoms with van der Waals surface area (Å²) >= 11 is 0. The van der Waals surface area contributed by atoms with Crippen LogP contribution in [0.5, 0.6) is 0 Å². The van der Waals surface area contributed by atoms with Crippen LogP contribution in [0.25, 0.3) is 11.0 Å². The van der Waals surface area contributed by atoms with Crippen LogP contribution in [0.3, 0.4) is 0 Å². The van der Waals surface area contributed by atoms with Crippen molar-refractivity contribution in [3.05, 3.63) is 36.7 Å². The maximum Gasteiger partial charge on any atom is 0.239 e. The number of sulfone groups is 1. The second-order valence-corrected chi connectivity index (χ2v) is 7.25. The quantitative estimate of drug-likeness (QED) is 0.709. The van der Waals surface area contributed by atoms with Gasteiger partial charge >= 0.3 is 0 Å².